The van der Waals surface area contributed by atoms with Gasteiger partial charge in [-0.25, -0.2) is 4.79 Å². The third kappa shape index (κ3) is 4.30. The summed E-state index contributed by atoms with van der Waals surface area (Å²) >= 11 is 0. The number of urea groups is 1. The van der Waals surface area contributed by atoms with Crippen molar-refractivity contribution in [2.45, 2.75) is 26.2 Å². The molecular formula is C19H29ClN4O2. The largest absolute Gasteiger partial charge is 0.339 e. The molecule has 2 aliphatic heterocycles. The van der Waals surface area contributed by atoms with Gasteiger partial charge in [0.05, 0.1) is 11.3 Å². The number of amides is 3. The molecule has 3 amide bonds. The third-order valence-corrected chi connectivity index (χ3v) is 5.50. The van der Waals surface area contributed by atoms with Crippen LogP contribution in [0.1, 0.15) is 35.2 Å². The molecule has 0 unspecified atom stereocenters. The van der Waals surface area contributed by atoms with E-state index in [9.17, 15) is 9.59 Å². The first kappa shape index (κ1) is 20.5. The number of carbonyl (C=O) groups excluding carboxylic acids is 2. The van der Waals surface area contributed by atoms with Crippen LogP contribution in [0.2, 0.25) is 0 Å². The highest BCUT2D eigenvalue weighted by Gasteiger charge is 2.38. The van der Waals surface area contributed by atoms with Crippen LogP contribution in [-0.2, 0) is 0 Å². The van der Waals surface area contributed by atoms with Crippen molar-refractivity contribution in [2.75, 3.05) is 45.6 Å². The Kier molecular flexibility index (Phi) is 6.53. The van der Waals surface area contributed by atoms with Crippen LogP contribution in [0.5, 0.6) is 0 Å². The van der Waals surface area contributed by atoms with Gasteiger partial charge in [-0.3, -0.25) is 4.79 Å². The Morgan fingerprint density at radius 2 is 1.88 bits per heavy atom. The van der Waals surface area contributed by atoms with E-state index in [-0.39, 0.29) is 24.3 Å². The van der Waals surface area contributed by atoms with E-state index in [2.05, 4.69) is 10.6 Å². The van der Waals surface area contributed by atoms with Gasteiger partial charge in [0, 0.05) is 33.7 Å². The van der Waals surface area contributed by atoms with Gasteiger partial charge in [-0.2, -0.15) is 0 Å². The van der Waals surface area contributed by atoms with E-state index in [1.54, 1.807) is 14.1 Å². The minimum atomic E-state index is -0.229. The first-order chi connectivity index (χ1) is 11.9. The summed E-state index contributed by atoms with van der Waals surface area (Å²) in [5.41, 5.74) is 2.55. The zero-order valence-electron chi connectivity index (χ0n) is 15.8. The molecule has 0 aliphatic carbocycles. The smallest absolute Gasteiger partial charge is 0.321 e. The molecule has 0 atom stereocenters. The van der Waals surface area contributed by atoms with Crippen LogP contribution < -0.4 is 10.6 Å². The van der Waals surface area contributed by atoms with Crippen molar-refractivity contribution in [1.82, 2.24) is 15.1 Å². The van der Waals surface area contributed by atoms with Crippen LogP contribution in [0.25, 0.3) is 0 Å². The van der Waals surface area contributed by atoms with Crippen LogP contribution in [0.3, 0.4) is 0 Å². The number of nitrogens with one attached hydrogen (secondary N) is 2. The molecule has 2 saturated heterocycles. The summed E-state index contributed by atoms with van der Waals surface area (Å²) in [4.78, 5) is 28.5. The number of carbonyl (C=O) groups is 2. The number of hydrogen-bond donors (Lipinski definition) is 2. The first-order valence-electron chi connectivity index (χ1n) is 8.99. The number of likely N-dealkylation sites (tertiary alicyclic amines) is 1. The molecule has 0 aromatic heterocycles. The predicted molar refractivity (Wildman–Crippen MR) is 106 cm³/mol. The third-order valence-electron chi connectivity index (χ3n) is 5.50. The number of benzene rings is 1. The zero-order chi connectivity index (χ0) is 18.0. The average molecular weight is 381 g/mol. The van der Waals surface area contributed by atoms with Gasteiger partial charge >= 0.3 is 6.03 Å². The maximum absolute atomic E-state index is 13.1. The quantitative estimate of drug-likeness (QED) is 0.829. The van der Waals surface area contributed by atoms with Crippen LogP contribution >= 0.6 is 12.4 Å². The number of rotatable bonds is 2. The van der Waals surface area contributed by atoms with Crippen molar-refractivity contribution in [2.24, 2.45) is 5.41 Å². The highest BCUT2D eigenvalue weighted by atomic mass is 35.5. The van der Waals surface area contributed by atoms with Crippen LogP contribution in [0.4, 0.5) is 10.5 Å². The van der Waals surface area contributed by atoms with Gasteiger partial charge in [0.2, 0.25) is 0 Å². The lowest BCUT2D eigenvalue weighted by Crippen LogP contribution is -2.44. The van der Waals surface area contributed by atoms with E-state index < -0.39 is 0 Å². The lowest BCUT2D eigenvalue weighted by Gasteiger charge is -2.39. The molecule has 2 heterocycles. The number of aryl methyl sites for hydroxylation is 1. The first-order valence-corrected chi connectivity index (χ1v) is 8.99. The molecule has 2 N–H and O–H groups in total. The summed E-state index contributed by atoms with van der Waals surface area (Å²) in [7, 11) is 3.37. The summed E-state index contributed by atoms with van der Waals surface area (Å²) in [5.74, 6) is 0.0126. The fraction of sp³-hybridized carbons (Fsp3) is 0.579. The van der Waals surface area contributed by atoms with E-state index in [1.807, 2.05) is 30.0 Å². The molecule has 1 aromatic carbocycles. The second-order valence-corrected chi connectivity index (χ2v) is 7.59. The van der Waals surface area contributed by atoms with Gasteiger partial charge in [0.1, 0.15) is 0 Å². The molecule has 0 radical (unpaired) electrons. The Balaban J connectivity index is 0.00000243. The lowest BCUT2D eigenvalue weighted by atomic mass is 9.77. The molecule has 0 saturated carbocycles. The molecule has 1 spiro atoms. The van der Waals surface area contributed by atoms with Crippen molar-refractivity contribution in [3.05, 3.63) is 29.3 Å². The SMILES string of the molecule is Cc1ccc(NC(=O)N(C)C)c(C(=O)N2CCC3(CCNC3)CC2)c1.Cl. The Morgan fingerprint density at radius 1 is 1.19 bits per heavy atom. The number of halogens is 1. The number of piperidine rings is 1. The Morgan fingerprint density at radius 3 is 2.46 bits per heavy atom. The van der Waals surface area contributed by atoms with Crippen molar-refractivity contribution < 1.29 is 9.59 Å². The second kappa shape index (κ2) is 8.27. The van der Waals surface area contributed by atoms with E-state index >= 15 is 0 Å². The molecule has 144 valence electrons. The fourth-order valence-corrected chi connectivity index (χ4v) is 3.75. The van der Waals surface area contributed by atoms with Crippen LogP contribution in [0, 0.1) is 12.3 Å². The Labute approximate surface area is 161 Å². The van der Waals surface area contributed by atoms with Gasteiger partial charge in [0.15, 0.2) is 0 Å². The van der Waals surface area contributed by atoms with Crippen molar-refractivity contribution in [3.63, 3.8) is 0 Å². The van der Waals surface area contributed by atoms with Crippen LogP contribution in [-0.4, -0.2) is 62.0 Å². The second-order valence-electron chi connectivity index (χ2n) is 7.59. The van der Waals surface area contributed by atoms with Crippen molar-refractivity contribution in [1.29, 1.82) is 0 Å². The summed E-state index contributed by atoms with van der Waals surface area (Å²) < 4.78 is 0. The molecular weight excluding hydrogens is 352 g/mol. The van der Waals surface area contributed by atoms with Gasteiger partial charge in [-0.1, -0.05) is 11.6 Å². The molecule has 7 heteroatoms. The summed E-state index contributed by atoms with van der Waals surface area (Å²) in [6.07, 6.45) is 3.32. The Hall–Kier alpha value is -1.79. The number of anilines is 1. The molecule has 0 bridgehead atoms. The van der Waals surface area contributed by atoms with E-state index in [0.717, 1.165) is 44.6 Å². The Bertz CT molecular complexity index is 662. The van der Waals surface area contributed by atoms with Crippen molar-refractivity contribution in [3.8, 4) is 0 Å². The number of hydrogen-bond acceptors (Lipinski definition) is 3. The maximum Gasteiger partial charge on any atom is 0.321 e. The molecule has 2 aliphatic rings. The minimum absolute atomic E-state index is 0. The molecule has 3 rings (SSSR count). The van der Waals surface area contributed by atoms with Crippen molar-refractivity contribution >= 4 is 30.0 Å². The molecule has 26 heavy (non-hydrogen) atoms. The molecule has 1 aromatic rings. The van der Waals surface area contributed by atoms with E-state index in [1.165, 1.54) is 11.3 Å². The zero-order valence-corrected chi connectivity index (χ0v) is 16.6. The van der Waals surface area contributed by atoms with Gasteiger partial charge in [0.25, 0.3) is 5.91 Å². The highest BCUT2D eigenvalue weighted by molar-refractivity contribution is 6.03. The van der Waals surface area contributed by atoms with Gasteiger partial charge in [-0.05, 0) is 50.3 Å². The highest BCUT2D eigenvalue weighted by Crippen LogP contribution is 2.37. The lowest BCUT2D eigenvalue weighted by molar-refractivity contribution is 0.0608. The van der Waals surface area contributed by atoms with E-state index in [4.69, 9.17) is 0 Å². The normalized spacial score (nSPS) is 18.3. The monoisotopic (exact) mass is 380 g/mol. The number of nitrogens with zero attached hydrogens (tertiary/aromatic N) is 2. The van der Waals surface area contributed by atoms with Gasteiger partial charge in [-0.15, -0.1) is 12.4 Å². The summed E-state index contributed by atoms with van der Waals surface area (Å²) in [6.45, 7) is 5.70. The summed E-state index contributed by atoms with van der Waals surface area (Å²) in [5, 5.41) is 6.29. The van der Waals surface area contributed by atoms with Crippen LogP contribution in [0.15, 0.2) is 18.2 Å². The predicted octanol–water partition coefficient (Wildman–Crippen LogP) is 2.73. The van der Waals surface area contributed by atoms with E-state index in [0.29, 0.717) is 16.7 Å². The molecule has 6 nitrogen and oxygen atoms in total. The fourth-order valence-electron chi connectivity index (χ4n) is 3.75. The standard InChI is InChI=1S/C19H28N4O2.ClH/c1-14-4-5-16(21-18(25)22(2)3)15(12-14)17(24)23-10-7-19(8-11-23)6-9-20-13-19;/h4-5,12,20H,6-11,13H2,1-3H3,(H,21,25);1H. The molecule has 2 fully saturated rings. The maximum atomic E-state index is 13.1. The summed E-state index contributed by atoms with van der Waals surface area (Å²) in [6, 6.07) is 5.37. The average Bonchev–Trinajstić information content (AvgIpc) is 3.04. The van der Waals surface area contributed by atoms with Gasteiger partial charge < -0.3 is 20.4 Å². The topological polar surface area (TPSA) is 64.7 Å². The minimum Gasteiger partial charge on any atom is -0.339 e.